The van der Waals surface area contributed by atoms with Gasteiger partial charge >= 0.3 is 53.7 Å². The maximum atomic E-state index is 15.3. The van der Waals surface area contributed by atoms with E-state index in [1.165, 1.54) is 65.4 Å². The van der Waals surface area contributed by atoms with Crippen LogP contribution in [0.4, 0.5) is 0 Å². The van der Waals surface area contributed by atoms with Crippen molar-refractivity contribution in [1.82, 2.24) is 0 Å². The standard InChI is InChI=1S/C33H40O10S2.C31H38O11.C31H38O10.CH4/c1-16-21(36)14-33(39)27(42-28(38)19-11-9-8-10-12-19)25-31(6,26(37)24(41-17(2)34)23(16)30(33,4)5)20(29(44)45-7)13-22-32(25,15-40-22)43-18(3)35;1-15-19(34)13-31(38)26(41-27(37)18-10-8-7-9-11-18)24-29(6,20(35)12-21-30(24,14-39-21)42-17(3)33)25(36)23(40-16(2)32)22(15)28(31,4)5;1-16-20(34)14-31(37)26(40-27(36)19-10-8-7-9-11-19)24-29(6,13-12-21-30(24,15-38-21)41-18(3)33)25(35)23(39-17(2)32)22(16)28(31,4)5;/h8-12,20-22,24-25,27,36,39H,13-15H2,1-7H3;7-11,19-21,23-24,26,34-35,38H,12-14H2,1-6H3;7-11,20-21,23-24,26,34,37H,12-15H2,1-6H3;1H4/t20-,21+,22-,24-,25+,27+,31-,32+,33-;19-,20-,21+,23+,24-,26-,29+,30-,31+;20-,21+,23+,24-,26-,29+,30-,31+;/m100./s1. The number of aliphatic hydroxyl groups is 7. The predicted octanol–water partition coefficient (Wildman–Crippen LogP) is 8.57. The van der Waals surface area contributed by atoms with Crippen LogP contribution in [0.3, 0.4) is 0 Å². The molecule has 6 bridgehead atoms. The third kappa shape index (κ3) is 15.4. The molecule has 0 aromatic heterocycles. The monoisotopic (exact) mass is 1830 g/mol. The molecule has 3 aromatic carbocycles. The third-order valence-electron chi connectivity index (χ3n) is 31.0. The lowest BCUT2D eigenvalue weighted by Gasteiger charge is -2.68. The summed E-state index contributed by atoms with van der Waals surface area (Å²) in [6.07, 6.45) is -15.0. The summed E-state index contributed by atoms with van der Waals surface area (Å²) in [4.78, 5) is 161. The van der Waals surface area contributed by atoms with E-state index in [0.717, 1.165) is 6.92 Å². The van der Waals surface area contributed by atoms with E-state index in [2.05, 4.69) is 0 Å². The number of thioether (sulfide) groups is 1. The number of hydrogen-bond donors (Lipinski definition) is 7. The van der Waals surface area contributed by atoms with Crippen molar-refractivity contribution in [2.45, 2.75) is 290 Å². The Morgan fingerprint density at radius 3 is 1.01 bits per heavy atom. The topological polar surface area (TPSA) is 457 Å². The summed E-state index contributed by atoms with van der Waals surface area (Å²) in [5.74, 6) is -12.7. The lowest BCUT2D eigenvalue weighted by Crippen LogP contribution is -2.81. The number of thiocarbonyl (C=S) groups is 1. The lowest BCUT2D eigenvalue weighted by atomic mass is 9.43. The molecule has 7 N–H and O–H groups in total. The third-order valence-corrected chi connectivity index (χ3v) is 32.5. The van der Waals surface area contributed by atoms with Crippen LogP contribution in [0.1, 0.15) is 208 Å². The lowest BCUT2D eigenvalue weighted by molar-refractivity contribution is -0.345. The summed E-state index contributed by atoms with van der Waals surface area (Å²) in [5.41, 5.74) is -17.4. The SMILES string of the molecule is C.CC(=O)O[C@H]1C(=O)[C@@]2(C)[C@H]([C@H](OC(=O)c3ccccc3)[C@]3(O)C[C@H](O)C(C)=C1C3(C)C)[C@]1(OC(C)=O)CO[C@@H]1C[C@@H]2O.CC(=O)O[C@H]1C(=O)[C@]2(C)CC[C@H]3OC[C@@]3(OC(C)=O)[C@H]2[C@H](OC(=O)c2ccccc2)[C@]2(O)C[C@H](O)C(C)=C1C2(C)C.CSC(=S)[C@H]1C[C@H]2OC[C@@]2(OC(C)=O)[C@H]2[C@H](OC(=O)c3ccccc3)[C@]3(O)C[C@H](O)C(C)=C([C@@H](OC(C)=O)C(=O)[C@]12C)C3(C)C. The molecule has 3 aliphatic heterocycles. The summed E-state index contributed by atoms with van der Waals surface area (Å²) in [7, 11) is 0. The molecule has 3 heterocycles. The van der Waals surface area contributed by atoms with Gasteiger partial charge in [-0.2, -0.15) is 0 Å². The first-order valence-electron chi connectivity index (χ1n) is 43.1. The Kier molecular flexibility index (Phi) is 26.9. The summed E-state index contributed by atoms with van der Waals surface area (Å²) in [6, 6.07) is 24.5. The van der Waals surface area contributed by atoms with E-state index in [1.54, 1.807) is 161 Å². The normalized spacial score (nSPS) is 39.0. The number of carbonyl (C=O) groups excluding carboxylic acids is 12. The molecule has 702 valence electrons. The molecule has 0 spiro atoms. The van der Waals surface area contributed by atoms with E-state index >= 15 is 4.79 Å². The highest BCUT2D eigenvalue weighted by Crippen LogP contribution is 2.70. The number of fused-ring (bicyclic) bond motifs is 15. The van der Waals surface area contributed by atoms with E-state index < -0.39 is 240 Å². The van der Waals surface area contributed by atoms with Crippen LogP contribution in [0, 0.1) is 56.2 Å². The molecular formula is C96H120O31S2. The maximum Gasteiger partial charge on any atom is 0.338 e. The molecule has 15 rings (SSSR count). The first-order chi connectivity index (χ1) is 59.6. The number of esters is 9. The fourth-order valence-corrected chi connectivity index (χ4v) is 25.2. The average molecular weight is 1830 g/mol. The van der Waals surface area contributed by atoms with Crippen molar-refractivity contribution in [1.29, 1.82) is 0 Å². The Labute approximate surface area is 758 Å². The number of carbonyl (C=O) groups is 12. The zero-order valence-corrected chi connectivity index (χ0v) is 76.9. The molecule has 12 aliphatic rings. The summed E-state index contributed by atoms with van der Waals surface area (Å²) in [5, 5.41) is 84.5. The van der Waals surface area contributed by atoms with Crippen molar-refractivity contribution in [2.75, 3.05) is 26.1 Å². The second-order valence-electron chi connectivity index (χ2n) is 38.8. The molecule has 26 atom stereocenters. The molecular weight excluding hydrogens is 1710 g/mol. The van der Waals surface area contributed by atoms with E-state index in [9.17, 15) is 88.5 Å². The van der Waals surface area contributed by atoms with Gasteiger partial charge in [-0.05, 0) is 123 Å². The molecule has 0 unspecified atom stereocenters. The van der Waals surface area contributed by atoms with Crippen molar-refractivity contribution in [2.24, 2.45) is 56.2 Å². The minimum absolute atomic E-state index is 0. The van der Waals surface area contributed by atoms with Crippen LogP contribution in [0.5, 0.6) is 0 Å². The first-order valence-corrected chi connectivity index (χ1v) is 44.7. The number of benzene rings is 3. The van der Waals surface area contributed by atoms with Gasteiger partial charge in [0.1, 0.15) is 53.4 Å². The quantitative estimate of drug-likeness (QED) is 0.0364. The molecule has 6 saturated carbocycles. The summed E-state index contributed by atoms with van der Waals surface area (Å²) in [6.45, 7) is 26.4. The zero-order valence-electron chi connectivity index (χ0n) is 75.3. The Morgan fingerprint density at radius 2 is 0.705 bits per heavy atom. The van der Waals surface area contributed by atoms with Crippen LogP contribution in [-0.4, -0.2) is 250 Å². The van der Waals surface area contributed by atoms with Crippen molar-refractivity contribution in [3.8, 4) is 0 Å². The van der Waals surface area contributed by atoms with Gasteiger partial charge < -0.3 is 92.6 Å². The maximum absolute atomic E-state index is 15.3. The van der Waals surface area contributed by atoms with Gasteiger partial charge in [0.2, 0.25) is 0 Å². The Hall–Kier alpha value is -8.84. The minimum Gasteiger partial charge on any atom is -0.455 e. The van der Waals surface area contributed by atoms with Gasteiger partial charge in [-0.3, -0.25) is 43.2 Å². The molecule has 9 fully saturated rings. The highest BCUT2D eigenvalue weighted by molar-refractivity contribution is 8.22. The Morgan fingerprint density at radius 1 is 0.411 bits per heavy atom. The highest BCUT2D eigenvalue weighted by Gasteiger charge is 2.82. The molecule has 3 aromatic rings. The number of hydrogen-bond acceptors (Lipinski definition) is 33. The molecule has 3 saturated heterocycles. The molecule has 33 heteroatoms. The molecule has 129 heavy (non-hydrogen) atoms. The minimum atomic E-state index is -2.11. The van der Waals surface area contributed by atoms with Crippen molar-refractivity contribution >= 4 is 99.2 Å². The van der Waals surface area contributed by atoms with Gasteiger partial charge in [-0.1, -0.05) is 130 Å². The van der Waals surface area contributed by atoms with Gasteiger partial charge in [0.25, 0.3) is 0 Å². The van der Waals surface area contributed by atoms with Gasteiger partial charge in [0, 0.05) is 100 Å². The van der Waals surface area contributed by atoms with Crippen LogP contribution in [0.15, 0.2) is 124 Å². The van der Waals surface area contributed by atoms with E-state index in [-0.39, 0.29) is 99.2 Å². The van der Waals surface area contributed by atoms with Crippen LogP contribution >= 0.6 is 24.0 Å². The Balaban J connectivity index is 0.000000175. The van der Waals surface area contributed by atoms with Crippen molar-refractivity contribution in [3.63, 3.8) is 0 Å². The second-order valence-corrected chi connectivity index (χ2v) is 40.3. The van der Waals surface area contributed by atoms with E-state index in [4.69, 9.17) is 69.1 Å². The van der Waals surface area contributed by atoms with Crippen LogP contribution in [-0.2, 0) is 100.0 Å². The smallest absolute Gasteiger partial charge is 0.338 e. The molecule has 9 aliphatic carbocycles. The highest BCUT2D eigenvalue weighted by atomic mass is 32.2. The zero-order chi connectivity index (χ0) is 94.4. The number of ketones is 3. The molecule has 31 nitrogen and oxygen atoms in total. The average Bonchev–Trinajstić information content (AvgIpc) is 0.667. The number of ether oxygens (including phenoxy) is 12. The summed E-state index contributed by atoms with van der Waals surface area (Å²) >= 11 is 7.12. The Bertz CT molecular complexity index is 5140. The second kappa shape index (κ2) is 35.0. The van der Waals surface area contributed by atoms with E-state index in [0.29, 0.717) is 27.3 Å². The van der Waals surface area contributed by atoms with Crippen LogP contribution in [0.2, 0.25) is 0 Å². The van der Waals surface area contributed by atoms with Crippen molar-refractivity contribution in [3.05, 3.63) is 141 Å². The largest absolute Gasteiger partial charge is 0.455 e. The van der Waals surface area contributed by atoms with Gasteiger partial charge in [0.05, 0.1) is 88.3 Å². The van der Waals surface area contributed by atoms with Gasteiger partial charge in [-0.15, -0.1) is 11.8 Å². The molecule has 0 radical (unpaired) electrons. The number of Topliss-reactive ketones (excluding diaryl/α,β-unsaturated/α-hetero) is 3. The first kappa shape index (κ1) is 99.2. The van der Waals surface area contributed by atoms with Gasteiger partial charge in [0.15, 0.2) is 52.5 Å². The number of aliphatic hydroxyl groups excluding tert-OH is 4. The van der Waals surface area contributed by atoms with Crippen LogP contribution < -0.4 is 0 Å². The molecule has 0 amide bonds. The van der Waals surface area contributed by atoms with Gasteiger partial charge in [-0.25, -0.2) is 14.4 Å². The summed E-state index contributed by atoms with van der Waals surface area (Å²) < 4.78 is 72.0. The van der Waals surface area contributed by atoms with E-state index in [1.807, 2.05) is 0 Å². The number of rotatable bonds is 13. The van der Waals surface area contributed by atoms with Crippen LogP contribution in [0.25, 0.3) is 0 Å². The fraction of sp³-hybridized carbons (Fsp3) is 0.615. The fourth-order valence-electron chi connectivity index (χ4n) is 24.2. The predicted molar refractivity (Wildman–Crippen MR) is 463 cm³/mol. The van der Waals surface area contributed by atoms with Crippen molar-refractivity contribution < 1.29 is 150 Å².